The van der Waals surface area contributed by atoms with Gasteiger partial charge >= 0.3 is 0 Å². The van der Waals surface area contributed by atoms with Crippen LogP contribution in [0.15, 0.2) is 65.5 Å². The summed E-state index contributed by atoms with van der Waals surface area (Å²) in [5.74, 6) is -1.29. The number of oxazole rings is 1. The lowest BCUT2D eigenvalue weighted by molar-refractivity contribution is 0.0640. The number of aromatic nitrogens is 5. The molecule has 0 bridgehead atoms. The predicted octanol–water partition coefficient (Wildman–Crippen LogP) is 4.67. The van der Waals surface area contributed by atoms with E-state index in [1.807, 2.05) is 30.3 Å². The molecule has 0 radical (unpaired) electrons. The number of para-hydroxylation sites is 1. The molecule has 5 aromatic rings. The van der Waals surface area contributed by atoms with Crippen molar-refractivity contribution in [3.63, 3.8) is 0 Å². The number of carbonyl (C=O) groups excluding carboxylic acids is 1. The summed E-state index contributed by atoms with van der Waals surface area (Å²) in [6.07, 6.45) is 0.589. The second-order valence-corrected chi connectivity index (χ2v) is 7.98. The minimum atomic E-state index is -2.99. The second-order valence-electron chi connectivity index (χ2n) is 7.98. The summed E-state index contributed by atoms with van der Waals surface area (Å²) in [5.41, 5.74) is 2.75. The number of carbonyl (C=O) groups is 1. The Bertz CT molecular complexity index is 1460. The molecule has 8 nitrogen and oxygen atoms in total. The smallest absolute Gasteiger partial charge is 0.292 e. The lowest BCUT2D eigenvalue weighted by Gasteiger charge is -2.34. The van der Waals surface area contributed by atoms with Crippen molar-refractivity contribution < 1.29 is 18.0 Å². The molecule has 0 saturated heterocycles. The first-order chi connectivity index (χ1) is 16.6. The summed E-state index contributed by atoms with van der Waals surface area (Å²) in [7, 11) is 0. The first-order valence-corrected chi connectivity index (χ1v) is 10.7. The zero-order valence-electron chi connectivity index (χ0n) is 17.7. The Balaban J connectivity index is 1.45. The summed E-state index contributed by atoms with van der Waals surface area (Å²) in [6.45, 7) is 0.288. The number of amides is 1. The highest BCUT2D eigenvalue weighted by atomic mass is 19.3. The molecule has 0 aliphatic carbocycles. The Morgan fingerprint density at radius 1 is 1.15 bits per heavy atom. The third kappa shape index (κ3) is 3.26. The van der Waals surface area contributed by atoms with E-state index in [0.29, 0.717) is 12.1 Å². The molecule has 1 aromatic carbocycles. The van der Waals surface area contributed by atoms with Gasteiger partial charge in [-0.3, -0.25) is 9.78 Å². The molecule has 1 aliphatic heterocycles. The fraction of sp³-hybridized carbons (Fsp3) is 0.167. The van der Waals surface area contributed by atoms with Crippen LogP contribution < -0.4 is 0 Å². The Hall–Kier alpha value is -4.34. The van der Waals surface area contributed by atoms with Crippen molar-refractivity contribution >= 4 is 16.8 Å². The Labute approximate surface area is 191 Å². The lowest BCUT2D eigenvalue weighted by atomic mass is 9.99. The van der Waals surface area contributed by atoms with Crippen LogP contribution in [-0.4, -0.2) is 42.3 Å². The van der Waals surface area contributed by atoms with Gasteiger partial charge in [0.25, 0.3) is 12.3 Å². The van der Waals surface area contributed by atoms with Crippen LogP contribution in [0.4, 0.5) is 8.78 Å². The predicted molar refractivity (Wildman–Crippen MR) is 118 cm³/mol. The van der Waals surface area contributed by atoms with Crippen LogP contribution in [0.5, 0.6) is 0 Å². The van der Waals surface area contributed by atoms with Gasteiger partial charge in [-0.2, -0.15) is 0 Å². The fourth-order valence-corrected chi connectivity index (χ4v) is 4.42. The summed E-state index contributed by atoms with van der Waals surface area (Å²) < 4.78 is 33.4. The third-order valence-corrected chi connectivity index (χ3v) is 5.97. The molecular weight excluding hydrogens is 442 g/mol. The average molecular weight is 460 g/mol. The van der Waals surface area contributed by atoms with Crippen LogP contribution in [0.2, 0.25) is 0 Å². The summed E-state index contributed by atoms with van der Waals surface area (Å²) in [6, 6.07) is 14.0. The largest absolute Gasteiger partial charge is 0.429 e. The average Bonchev–Trinajstić information content (AvgIpc) is 3.61. The van der Waals surface area contributed by atoms with Crippen molar-refractivity contribution in [2.75, 3.05) is 6.54 Å². The molecule has 10 heteroatoms. The minimum absolute atomic E-state index is 0.126. The van der Waals surface area contributed by atoms with Crippen LogP contribution in [0.25, 0.3) is 22.5 Å². The number of H-pyrrole nitrogens is 2. The highest BCUT2D eigenvalue weighted by molar-refractivity contribution is 5.94. The van der Waals surface area contributed by atoms with E-state index in [-0.39, 0.29) is 18.1 Å². The van der Waals surface area contributed by atoms with Gasteiger partial charge in [0.05, 0.1) is 12.0 Å². The van der Waals surface area contributed by atoms with Crippen LogP contribution in [-0.2, 0) is 6.42 Å². The summed E-state index contributed by atoms with van der Waals surface area (Å²) in [5, 5.41) is 0.970. The zero-order valence-corrected chi connectivity index (χ0v) is 17.7. The maximum atomic E-state index is 13.9. The molecule has 34 heavy (non-hydrogen) atoms. The SMILES string of the molecule is O=C(c1oc(-c2ccccn2)nc1C(F)F)N1CCc2[nH]cnc2[C@@H]1c1cc2ccccc2[nH]1. The number of alkyl halides is 2. The Kier molecular flexibility index (Phi) is 4.72. The van der Waals surface area contributed by atoms with E-state index in [1.54, 1.807) is 24.5 Å². The van der Waals surface area contributed by atoms with Crippen LogP contribution in [0, 0.1) is 0 Å². The normalized spacial score (nSPS) is 15.7. The molecule has 2 N–H and O–H groups in total. The first kappa shape index (κ1) is 20.3. The monoisotopic (exact) mass is 460 g/mol. The minimum Gasteiger partial charge on any atom is -0.429 e. The number of halogens is 2. The molecular formula is C24H18F2N6O2. The molecule has 4 aromatic heterocycles. The van der Waals surface area contributed by atoms with Gasteiger partial charge in [-0.25, -0.2) is 18.7 Å². The van der Waals surface area contributed by atoms with Gasteiger partial charge in [-0.05, 0) is 29.7 Å². The topological polar surface area (TPSA) is 104 Å². The standard InChI is InChI=1S/C24H18F2N6O2/c25-22(26)19-21(34-23(31-19)16-7-3-4-9-27-16)24(33)32-10-8-15-18(29-12-28-15)20(32)17-11-13-5-1-2-6-14(13)30-17/h1-7,9,11-12,20,22,30H,8,10H2,(H,28,29)/t20-/m0/s1. The van der Waals surface area contributed by atoms with Crippen molar-refractivity contribution in [2.24, 2.45) is 0 Å². The number of aromatic amines is 2. The van der Waals surface area contributed by atoms with E-state index in [4.69, 9.17) is 4.42 Å². The number of hydrogen-bond acceptors (Lipinski definition) is 5. The maximum Gasteiger partial charge on any atom is 0.292 e. The molecule has 6 rings (SSSR count). The first-order valence-electron chi connectivity index (χ1n) is 10.7. The zero-order chi connectivity index (χ0) is 23.2. The highest BCUT2D eigenvalue weighted by Gasteiger charge is 2.39. The molecule has 0 saturated carbocycles. The van der Waals surface area contributed by atoms with Crippen molar-refractivity contribution in [2.45, 2.75) is 18.9 Å². The number of imidazole rings is 1. The van der Waals surface area contributed by atoms with E-state index in [0.717, 1.165) is 22.3 Å². The van der Waals surface area contributed by atoms with Gasteiger partial charge < -0.3 is 19.3 Å². The fourth-order valence-electron chi connectivity index (χ4n) is 4.42. The molecule has 1 atom stereocenters. The second kappa shape index (κ2) is 7.91. The number of hydrogen-bond donors (Lipinski definition) is 2. The summed E-state index contributed by atoms with van der Waals surface area (Å²) >= 11 is 0. The highest BCUT2D eigenvalue weighted by Crippen LogP contribution is 2.37. The van der Waals surface area contributed by atoms with E-state index in [2.05, 4.69) is 24.9 Å². The number of nitrogens with zero attached hydrogens (tertiary/aromatic N) is 4. The molecule has 0 spiro atoms. The van der Waals surface area contributed by atoms with Gasteiger partial charge in [-0.1, -0.05) is 24.3 Å². The van der Waals surface area contributed by atoms with Crippen LogP contribution in [0.1, 0.15) is 45.8 Å². The van der Waals surface area contributed by atoms with Gasteiger partial charge in [0.2, 0.25) is 11.7 Å². The van der Waals surface area contributed by atoms with Crippen molar-refractivity contribution in [1.82, 2.24) is 29.8 Å². The van der Waals surface area contributed by atoms with E-state index in [1.165, 1.54) is 11.1 Å². The third-order valence-electron chi connectivity index (χ3n) is 5.97. The Morgan fingerprint density at radius 3 is 2.79 bits per heavy atom. The van der Waals surface area contributed by atoms with Crippen molar-refractivity contribution in [3.05, 3.63) is 89.6 Å². The van der Waals surface area contributed by atoms with E-state index in [9.17, 15) is 13.6 Å². The molecule has 0 fully saturated rings. The molecule has 1 aliphatic rings. The van der Waals surface area contributed by atoms with Crippen LogP contribution in [0.3, 0.4) is 0 Å². The maximum absolute atomic E-state index is 13.9. The van der Waals surface area contributed by atoms with Gasteiger partial charge in [0.1, 0.15) is 11.7 Å². The van der Waals surface area contributed by atoms with Crippen LogP contribution >= 0.6 is 0 Å². The number of benzene rings is 1. The van der Waals surface area contributed by atoms with E-state index >= 15 is 0 Å². The summed E-state index contributed by atoms with van der Waals surface area (Å²) in [4.78, 5) is 34.1. The number of pyridine rings is 1. The number of rotatable bonds is 4. The van der Waals surface area contributed by atoms with Crippen molar-refractivity contribution in [3.8, 4) is 11.6 Å². The lowest BCUT2D eigenvalue weighted by Crippen LogP contribution is -2.41. The molecule has 170 valence electrons. The van der Waals surface area contributed by atoms with Gasteiger partial charge in [0.15, 0.2) is 5.69 Å². The van der Waals surface area contributed by atoms with Gasteiger partial charge in [-0.15, -0.1) is 0 Å². The quantitative estimate of drug-likeness (QED) is 0.406. The van der Waals surface area contributed by atoms with Crippen molar-refractivity contribution in [1.29, 1.82) is 0 Å². The Morgan fingerprint density at radius 2 is 2.00 bits per heavy atom. The van der Waals surface area contributed by atoms with Gasteiger partial charge in [0, 0.05) is 36.1 Å². The number of fused-ring (bicyclic) bond motifs is 2. The molecule has 0 unspecified atom stereocenters. The molecule has 5 heterocycles. The van der Waals surface area contributed by atoms with E-state index < -0.39 is 29.8 Å². The molecule has 1 amide bonds. The number of nitrogens with one attached hydrogen (secondary N) is 2.